The molecule has 0 aliphatic heterocycles. The highest BCUT2D eigenvalue weighted by Gasteiger charge is 2.31. The molecule has 1 rings (SSSR count). The van der Waals surface area contributed by atoms with E-state index in [4.69, 9.17) is 9.47 Å². The Balaban J connectivity index is 3.00. The Morgan fingerprint density at radius 2 is 1.32 bits per heavy atom. The van der Waals surface area contributed by atoms with E-state index >= 15 is 0 Å². The molecule has 0 N–H and O–H groups in total. The van der Waals surface area contributed by atoms with Gasteiger partial charge in [-0.05, 0) is 78.9 Å². The Morgan fingerprint density at radius 3 is 1.82 bits per heavy atom. The van der Waals surface area contributed by atoms with Gasteiger partial charge >= 0.3 is 12.2 Å². The summed E-state index contributed by atoms with van der Waals surface area (Å²) in [4.78, 5) is 26.4. The van der Waals surface area contributed by atoms with Crippen LogP contribution < -0.4 is 0 Å². The number of rotatable bonds is 2. The predicted octanol–water partition coefficient (Wildman–Crippen LogP) is 6.76. The first-order valence-corrected chi connectivity index (χ1v) is 10.6. The molecule has 0 unspecified atom stereocenters. The molecule has 5 heteroatoms. The molecule has 0 aromatic carbocycles. The zero-order valence-electron chi connectivity index (χ0n) is 18.7. The smallest absolute Gasteiger partial charge is 0.420 e. The number of hydrogen-bond acceptors (Lipinski definition) is 4. The van der Waals surface area contributed by atoms with E-state index < -0.39 is 23.4 Å². The summed E-state index contributed by atoms with van der Waals surface area (Å²) in [7, 11) is 0. The number of imide groups is 1. The Hall–Kier alpha value is -1.74. The van der Waals surface area contributed by atoms with Crippen LogP contribution in [0.5, 0.6) is 0 Å². The average molecular weight is 394 g/mol. The van der Waals surface area contributed by atoms with Gasteiger partial charge in [0, 0.05) is 0 Å². The maximum atomic E-state index is 12.7. The van der Waals surface area contributed by atoms with Crippen molar-refractivity contribution in [3.63, 3.8) is 0 Å². The molecule has 0 bridgehead atoms. The zero-order chi connectivity index (χ0) is 21.2. The molecule has 0 aromatic rings. The second kappa shape index (κ2) is 11.3. The summed E-state index contributed by atoms with van der Waals surface area (Å²) in [6, 6.07) is 0. The lowest BCUT2D eigenvalue weighted by atomic mass is 10.0. The topological polar surface area (TPSA) is 55.8 Å². The van der Waals surface area contributed by atoms with Gasteiger partial charge in [0.05, 0.1) is 6.54 Å². The molecular weight excluding hydrogens is 354 g/mol. The van der Waals surface area contributed by atoms with Gasteiger partial charge in [-0.1, -0.05) is 32.1 Å². The predicted molar refractivity (Wildman–Crippen MR) is 112 cm³/mol. The molecule has 0 fully saturated rings. The average Bonchev–Trinajstić information content (AvgIpc) is 2.50. The minimum absolute atomic E-state index is 0.153. The van der Waals surface area contributed by atoms with Crippen LogP contribution in [0.3, 0.4) is 0 Å². The fourth-order valence-electron chi connectivity index (χ4n) is 2.91. The van der Waals surface area contributed by atoms with Crippen LogP contribution in [0.1, 0.15) is 99.3 Å². The van der Waals surface area contributed by atoms with Crippen molar-refractivity contribution < 1.29 is 19.1 Å². The molecule has 28 heavy (non-hydrogen) atoms. The minimum atomic E-state index is -0.686. The molecule has 1 aliphatic rings. The minimum Gasteiger partial charge on any atom is -0.443 e. The van der Waals surface area contributed by atoms with Gasteiger partial charge in [0.15, 0.2) is 0 Å². The van der Waals surface area contributed by atoms with Gasteiger partial charge in [-0.25, -0.2) is 14.5 Å². The summed E-state index contributed by atoms with van der Waals surface area (Å²) < 4.78 is 10.9. The van der Waals surface area contributed by atoms with Gasteiger partial charge in [0.1, 0.15) is 11.2 Å². The van der Waals surface area contributed by atoms with E-state index in [1.807, 2.05) is 6.08 Å². The Morgan fingerprint density at radius 1 is 0.857 bits per heavy atom. The van der Waals surface area contributed by atoms with Crippen LogP contribution in [-0.2, 0) is 9.47 Å². The third-order valence-electron chi connectivity index (χ3n) is 4.21. The van der Waals surface area contributed by atoms with Crippen molar-refractivity contribution in [2.24, 2.45) is 0 Å². The number of carbonyl (C=O) groups excluding carboxylic acids is 2. The summed E-state index contributed by atoms with van der Waals surface area (Å²) in [5.74, 6) is 0. The van der Waals surface area contributed by atoms with Crippen molar-refractivity contribution >= 4 is 12.2 Å². The van der Waals surface area contributed by atoms with Gasteiger partial charge in [0.2, 0.25) is 0 Å². The highest BCUT2D eigenvalue weighted by atomic mass is 16.6. The first-order chi connectivity index (χ1) is 13.0. The van der Waals surface area contributed by atoms with E-state index in [1.54, 1.807) is 41.5 Å². The van der Waals surface area contributed by atoms with E-state index in [9.17, 15) is 9.59 Å². The van der Waals surface area contributed by atoms with Crippen molar-refractivity contribution in [2.45, 2.75) is 111 Å². The molecular formula is C23H39NO4. The highest BCUT2D eigenvalue weighted by Crippen LogP contribution is 2.19. The van der Waals surface area contributed by atoms with Crippen LogP contribution in [0.2, 0.25) is 0 Å². The maximum absolute atomic E-state index is 12.7. The van der Waals surface area contributed by atoms with Gasteiger partial charge in [-0.15, -0.1) is 5.73 Å². The molecule has 0 atom stereocenters. The lowest BCUT2D eigenvalue weighted by molar-refractivity contribution is 0.00311. The molecule has 0 spiro atoms. The molecule has 1 aliphatic carbocycles. The number of carbonyl (C=O) groups is 2. The van der Waals surface area contributed by atoms with Crippen LogP contribution in [0, 0.1) is 0 Å². The molecule has 5 nitrogen and oxygen atoms in total. The monoisotopic (exact) mass is 393 g/mol. The van der Waals surface area contributed by atoms with E-state index in [0.29, 0.717) is 0 Å². The molecule has 0 heterocycles. The van der Waals surface area contributed by atoms with Crippen LogP contribution in [0.15, 0.2) is 17.4 Å². The molecule has 2 amide bonds. The number of nitrogens with zero attached hydrogens (tertiary/aromatic N) is 1. The third kappa shape index (κ3) is 11.2. The first-order valence-electron chi connectivity index (χ1n) is 10.6. The molecule has 0 saturated carbocycles. The Kier molecular flexibility index (Phi) is 9.81. The molecule has 160 valence electrons. The second-order valence-electron chi connectivity index (χ2n) is 9.51. The van der Waals surface area contributed by atoms with E-state index in [2.05, 4.69) is 5.73 Å². The van der Waals surface area contributed by atoms with Gasteiger partial charge in [-0.3, -0.25) is 0 Å². The SMILES string of the molecule is CC(C)(C)OC(=O)N(CC1=C=CCCCCCCCCC1)C(=O)OC(C)(C)C. The Bertz CT molecular complexity index is 546. The molecule has 0 aromatic heterocycles. The lowest BCUT2D eigenvalue weighted by Crippen LogP contribution is -2.44. The zero-order valence-corrected chi connectivity index (χ0v) is 18.7. The van der Waals surface area contributed by atoms with E-state index in [-0.39, 0.29) is 6.54 Å². The van der Waals surface area contributed by atoms with E-state index in [1.165, 1.54) is 25.7 Å². The lowest BCUT2D eigenvalue weighted by Gasteiger charge is -2.29. The summed E-state index contributed by atoms with van der Waals surface area (Å²) in [6.07, 6.45) is 10.9. The highest BCUT2D eigenvalue weighted by molar-refractivity contribution is 5.88. The summed E-state index contributed by atoms with van der Waals surface area (Å²) in [5.41, 5.74) is 2.91. The van der Waals surface area contributed by atoms with Crippen LogP contribution in [0.4, 0.5) is 9.59 Å². The number of hydrogen-bond donors (Lipinski definition) is 0. The van der Waals surface area contributed by atoms with Crippen LogP contribution in [0.25, 0.3) is 0 Å². The fourth-order valence-corrected chi connectivity index (χ4v) is 2.91. The van der Waals surface area contributed by atoms with Crippen molar-refractivity contribution in [3.8, 4) is 0 Å². The summed E-state index contributed by atoms with van der Waals surface area (Å²) >= 11 is 0. The summed E-state index contributed by atoms with van der Waals surface area (Å²) in [5, 5.41) is 0. The standard InChI is InChI=1S/C23H39NO4/c1-22(2,3)27-20(25)24(21(26)28-23(4,5)6)18-19-16-14-12-10-8-7-9-11-13-15-17-19/h14H,7-13,15,17-18H2,1-6H3. The number of amides is 2. The Labute approximate surface area is 171 Å². The quantitative estimate of drug-likeness (QED) is 0.486. The normalized spacial score (nSPS) is 17.0. The van der Waals surface area contributed by atoms with Crippen molar-refractivity contribution in [2.75, 3.05) is 6.54 Å². The van der Waals surface area contributed by atoms with Crippen LogP contribution >= 0.6 is 0 Å². The van der Waals surface area contributed by atoms with Gasteiger partial charge in [-0.2, -0.15) is 0 Å². The summed E-state index contributed by atoms with van der Waals surface area (Å²) in [6.45, 7) is 10.9. The van der Waals surface area contributed by atoms with E-state index in [0.717, 1.165) is 42.6 Å². The maximum Gasteiger partial charge on any atom is 0.420 e. The second-order valence-corrected chi connectivity index (χ2v) is 9.51. The van der Waals surface area contributed by atoms with Crippen LogP contribution in [-0.4, -0.2) is 34.8 Å². The largest absolute Gasteiger partial charge is 0.443 e. The third-order valence-corrected chi connectivity index (χ3v) is 4.21. The fraction of sp³-hybridized carbons (Fsp3) is 0.783. The van der Waals surface area contributed by atoms with Crippen molar-refractivity contribution in [1.82, 2.24) is 4.90 Å². The van der Waals surface area contributed by atoms with Gasteiger partial charge in [0.25, 0.3) is 0 Å². The molecule has 0 radical (unpaired) electrons. The molecule has 0 saturated heterocycles. The first kappa shape index (κ1) is 24.3. The van der Waals surface area contributed by atoms with Gasteiger partial charge < -0.3 is 9.47 Å². The van der Waals surface area contributed by atoms with Crippen molar-refractivity contribution in [3.05, 3.63) is 17.4 Å². The van der Waals surface area contributed by atoms with Crippen molar-refractivity contribution in [1.29, 1.82) is 0 Å². The number of ether oxygens (including phenoxy) is 2.